The van der Waals surface area contributed by atoms with Gasteiger partial charge in [-0.05, 0) is 42.3 Å². The van der Waals surface area contributed by atoms with Crippen LogP contribution in [-0.2, 0) is 6.42 Å². The fourth-order valence-corrected chi connectivity index (χ4v) is 2.13. The number of carbonyl (C=O) groups excluding carboxylic acids is 1. The molecule has 0 bridgehead atoms. The van der Waals surface area contributed by atoms with Crippen molar-refractivity contribution >= 4 is 11.6 Å². The van der Waals surface area contributed by atoms with Crippen molar-refractivity contribution in [3.8, 4) is 5.82 Å². The van der Waals surface area contributed by atoms with Gasteiger partial charge in [0.15, 0.2) is 5.82 Å². The number of anilines is 1. The molecule has 3 rings (SSSR count). The van der Waals surface area contributed by atoms with E-state index in [1.54, 1.807) is 35.4 Å². The number of aromatic nitrogens is 3. The highest BCUT2D eigenvalue weighted by Crippen LogP contribution is 2.13. The molecule has 0 saturated carbocycles. The molecule has 0 fully saturated rings. The van der Waals surface area contributed by atoms with Crippen LogP contribution in [0.5, 0.6) is 0 Å². The van der Waals surface area contributed by atoms with Crippen LogP contribution in [0.1, 0.15) is 22.8 Å². The van der Waals surface area contributed by atoms with Crippen molar-refractivity contribution in [1.82, 2.24) is 14.8 Å². The van der Waals surface area contributed by atoms with Gasteiger partial charge in [-0.15, -0.1) is 0 Å². The molecular weight excluding hydrogens is 276 g/mol. The highest BCUT2D eigenvalue weighted by Gasteiger charge is 2.07. The number of nitrogens with zero attached hydrogens (tertiary/aromatic N) is 3. The molecular formula is C17H16N4O. The Kier molecular flexibility index (Phi) is 3.96. The van der Waals surface area contributed by atoms with Crippen molar-refractivity contribution in [2.45, 2.75) is 13.3 Å². The molecule has 3 aromatic rings. The van der Waals surface area contributed by atoms with Gasteiger partial charge in [0.25, 0.3) is 5.91 Å². The molecule has 0 saturated heterocycles. The Morgan fingerprint density at radius 1 is 1.23 bits per heavy atom. The Balaban J connectivity index is 1.74. The quantitative estimate of drug-likeness (QED) is 0.804. The molecule has 5 nitrogen and oxygen atoms in total. The maximum absolute atomic E-state index is 12.2. The van der Waals surface area contributed by atoms with E-state index in [0.29, 0.717) is 11.4 Å². The summed E-state index contributed by atoms with van der Waals surface area (Å²) in [5.41, 5.74) is 2.49. The lowest BCUT2D eigenvalue weighted by Gasteiger charge is -2.07. The highest BCUT2D eigenvalue weighted by atomic mass is 16.1. The van der Waals surface area contributed by atoms with E-state index in [0.717, 1.165) is 12.1 Å². The van der Waals surface area contributed by atoms with E-state index >= 15 is 0 Å². The average Bonchev–Trinajstić information content (AvgIpc) is 3.09. The van der Waals surface area contributed by atoms with Crippen LogP contribution in [0.25, 0.3) is 5.82 Å². The van der Waals surface area contributed by atoms with Crippen LogP contribution in [0.15, 0.2) is 61.1 Å². The number of hydrogen-bond acceptors (Lipinski definition) is 3. The second kappa shape index (κ2) is 6.22. The molecule has 0 aliphatic heterocycles. The van der Waals surface area contributed by atoms with E-state index in [9.17, 15) is 4.79 Å². The Labute approximate surface area is 128 Å². The lowest BCUT2D eigenvalue weighted by Crippen LogP contribution is -2.12. The van der Waals surface area contributed by atoms with Gasteiger partial charge in [0.1, 0.15) is 0 Å². The minimum absolute atomic E-state index is 0.173. The Morgan fingerprint density at radius 2 is 2.14 bits per heavy atom. The third-order valence-electron chi connectivity index (χ3n) is 3.34. The van der Waals surface area contributed by atoms with Crippen molar-refractivity contribution in [2.24, 2.45) is 0 Å². The van der Waals surface area contributed by atoms with Gasteiger partial charge in [-0.25, -0.2) is 9.67 Å². The minimum Gasteiger partial charge on any atom is -0.322 e. The summed E-state index contributed by atoms with van der Waals surface area (Å²) in [6.07, 6.45) is 5.97. The van der Waals surface area contributed by atoms with Gasteiger partial charge >= 0.3 is 0 Å². The summed E-state index contributed by atoms with van der Waals surface area (Å²) in [4.78, 5) is 16.5. The van der Waals surface area contributed by atoms with E-state index in [1.807, 2.05) is 30.3 Å². The van der Waals surface area contributed by atoms with Crippen molar-refractivity contribution in [1.29, 1.82) is 0 Å². The molecule has 0 spiro atoms. The zero-order valence-electron chi connectivity index (χ0n) is 12.2. The summed E-state index contributed by atoms with van der Waals surface area (Å²) in [6.45, 7) is 2.08. The topological polar surface area (TPSA) is 59.8 Å². The number of nitrogens with one attached hydrogen (secondary N) is 1. The van der Waals surface area contributed by atoms with E-state index < -0.39 is 0 Å². The largest absolute Gasteiger partial charge is 0.322 e. The molecule has 0 aliphatic rings. The van der Waals surface area contributed by atoms with Gasteiger partial charge in [0.2, 0.25) is 0 Å². The molecule has 2 heterocycles. The van der Waals surface area contributed by atoms with Crippen molar-refractivity contribution in [3.63, 3.8) is 0 Å². The van der Waals surface area contributed by atoms with Crippen molar-refractivity contribution in [2.75, 3.05) is 5.32 Å². The molecule has 0 aliphatic carbocycles. The van der Waals surface area contributed by atoms with Gasteiger partial charge in [0.05, 0.1) is 5.56 Å². The summed E-state index contributed by atoms with van der Waals surface area (Å²) in [7, 11) is 0. The van der Waals surface area contributed by atoms with Crippen molar-refractivity contribution in [3.05, 3.63) is 72.2 Å². The Hall–Kier alpha value is -2.95. The second-order valence-corrected chi connectivity index (χ2v) is 4.86. The predicted molar refractivity (Wildman–Crippen MR) is 85.1 cm³/mol. The summed E-state index contributed by atoms with van der Waals surface area (Å²) in [5.74, 6) is 0.502. The number of amides is 1. The maximum atomic E-state index is 12.2. The molecule has 1 N–H and O–H groups in total. The molecule has 0 atom stereocenters. The standard InChI is InChI=1S/C17H16N4O/c1-2-13-5-3-6-15(11-13)20-17(22)14-7-8-16(18-12-14)21-10-4-9-19-21/h3-12H,2H2,1H3,(H,20,22). The fraction of sp³-hybridized carbons (Fsp3) is 0.118. The smallest absolute Gasteiger partial charge is 0.257 e. The third kappa shape index (κ3) is 3.03. The summed E-state index contributed by atoms with van der Waals surface area (Å²) < 4.78 is 1.65. The van der Waals surface area contributed by atoms with E-state index in [4.69, 9.17) is 0 Å². The van der Waals surface area contributed by atoms with Crippen LogP contribution in [0.4, 0.5) is 5.69 Å². The number of aryl methyl sites for hydroxylation is 1. The van der Waals surface area contributed by atoms with Gasteiger partial charge in [0, 0.05) is 24.3 Å². The maximum Gasteiger partial charge on any atom is 0.257 e. The number of carbonyl (C=O) groups is 1. The van der Waals surface area contributed by atoms with Gasteiger partial charge in [-0.3, -0.25) is 4.79 Å². The predicted octanol–water partition coefficient (Wildman–Crippen LogP) is 3.08. The Morgan fingerprint density at radius 3 is 2.82 bits per heavy atom. The van der Waals surface area contributed by atoms with Gasteiger partial charge in [-0.1, -0.05) is 19.1 Å². The van der Waals surface area contributed by atoms with Crippen LogP contribution in [0.2, 0.25) is 0 Å². The first-order valence-electron chi connectivity index (χ1n) is 7.12. The first-order valence-corrected chi connectivity index (χ1v) is 7.12. The molecule has 110 valence electrons. The molecule has 5 heteroatoms. The lowest BCUT2D eigenvalue weighted by molar-refractivity contribution is 0.102. The summed E-state index contributed by atoms with van der Waals surface area (Å²) in [5, 5.41) is 6.99. The number of benzene rings is 1. The van der Waals surface area contributed by atoms with Gasteiger partial charge in [-0.2, -0.15) is 5.10 Å². The minimum atomic E-state index is -0.173. The second-order valence-electron chi connectivity index (χ2n) is 4.86. The molecule has 1 amide bonds. The van der Waals surface area contributed by atoms with E-state index in [1.165, 1.54) is 5.56 Å². The number of rotatable bonds is 4. The molecule has 0 unspecified atom stereocenters. The highest BCUT2D eigenvalue weighted by molar-refractivity contribution is 6.04. The summed E-state index contributed by atoms with van der Waals surface area (Å²) in [6, 6.07) is 13.2. The number of pyridine rings is 1. The SMILES string of the molecule is CCc1cccc(NC(=O)c2ccc(-n3cccn3)nc2)c1. The molecule has 0 radical (unpaired) electrons. The van der Waals surface area contributed by atoms with Gasteiger partial charge < -0.3 is 5.32 Å². The molecule has 2 aromatic heterocycles. The van der Waals surface area contributed by atoms with Crippen LogP contribution < -0.4 is 5.32 Å². The van der Waals surface area contributed by atoms with Crippen LogP contribution in [0, 0.1) is 0 Å². The van der Waals surface area contributed by atoms with Crippen molar-refractivity contribution < 1.29 is 4.79 Å². The first-order chi connectivity index (χ1) is 10.8. The van der Waals surface area contributed by atoms with E-state index in [2.05, 4.69) is 22.3 Å². The molecule has 22 heavy (non-hydrogen) atoms. The average molecular weight is 292 g/mol. The summed E-state index contributed by atoms with van der Waals surface area (Å²) >= 11 is 0. The zero-order chi connectivity index (χ0) is 15.4. The monoisotopic (exact) mass is 292 g/mol. The molecule has 1 aromatic carbocycles. The normalized spacial score (nSPS) is 10.4. The van der Waals surface area contributed by atoms with Crippen LogP contribution in [-0.4, -0.2) is 20.7 Å². The zero-order valence-corrected chi connectivity index (χ0v) is 12.2. The van der Waals surface area contributed by atoms with Crippen LogP contribution >= 0.6 is 0 Å². The van der Waals surface area contributed by atoms with E-state index in [-0.39, 0.29) is 5.91 Å². The third-order valence-corrected chi connectivity index (χ3v) is 3.34. The van der Waals surface area contributed by atoms with Crippen LogP contribution in [0.3, 0.4) is 0 Å². The lowest BCUT2D eigenvalue weighted by atomic mass is 10.1. The first kappa shape index (κ1) is 14.0. The fourth-order valence-electron chi connectivity index (χ4n) is 2.13. The number of hydrogen-bond donors (Lipinski definition) is 1. The Bertz CT molecular complexity index is 764.